The molecular formula is C32H27N2O4. The number of benzene rings is 2. The lowest BCUT2D eigenvalue weighted by Crippen LogP contribution is -2.40. The summed E-state index contributed by atoms with van der Waals surface area (Å²) in [6.07, 6.45) is 10.7. The quantitative estimate of drug-likeness (QED) is 0.266. The van der Waals surface area contributed by atoms with Gasteiger partial charge >= 0.3 is 5.97 Å². The predicted octanol–water partition coefficient (Wildman–Crippen LogP) is 6.56. The van der Waals surface area contributed by atoms with Crippen LogP contribution >= 0.6 is 0 Å². The van der Waals surface area contributed by atoms with Crippen LogP contribution in [0.25, 0.3) is 0 Å². The Morgan fingerprint density at radius 2 is 1.92 bits per heavy atom. The topological polar surface area (TPSA) is 81.3 Å². The van der Waals surface area contributed by atoms with E-state index in [4.69, 9.17) is 18.6 Å². The van der Waals surface area contributed by atoms with Gasteiger partial charge in [-0.25, -0.2) is 9.78 Å². The van der Waals surface area contributed by atoms with Gasteiger partial charge in [0.25, 0.3) is 0 Å². The van der Waals surface area contributed by atoms with E-state index in [1.54, 1.807) is 24.9 Å². The molecule has 3 heterocycles. The summed E-state index contributed by atoms with van der Waals surface area (Å²) in [4.78, 5) is 21.5. The predicted molar refractivity (Wildman–Crippen MR) is 141 cm³/mol. The Hall–Kier alpha value is -4.32. The summed E-state index contributed by atoms with van der Waals surface area (Å²) >= 11 is 0. The first kappa shape index (κ1) is 22.8. The molecule has 2 aliphatic carbocycles. The molecule has 189 valence electrons. The minimum absolute atomic E-state index is 0.113. The van der Waals surface area contributed by atoms with Crippen molar-refractivity contribution in [1.82, 2.24) is 9.97 Å². The molecule has 0 amide bonds. The van der Waals surface area contributed by atoms with Crippen LogP contribution in [0.15, 0.2) is 101 Å². The summed E-state index contributed by atoms with van der Waals surface area (Å²) < 4.78 is 17.3. The smallest absolute Gasteiger partial charge is 0.341 e. The maximum atomic E-state index is 13.1. The van der Waals surface area contributed by atoms with Crippen LogP contribution in [0.4, 0.5) is 0 Å². The summed E-state index contributed by atoms with van der Waals surface area (Å²) in [5, 5.41) is 0. The van der Waals surface area contributed by atoms with E-state index in [-0.39, 0.29) is 24.4 Å². The second-order valence-corrected chi connectivity index (χ2v) is 9.90. The van der Waals surface area contributed by atoms with Crippen molar-refractivity contribution in [3.05, 3.63) is 143 Å². The number of aromatic nitrogens is 2. The number of H-pyrrole nitrogens is 1. The number of carbonyl (C=O) groups is 1. The lowest BCUT2D eigenvalue weighted by Gasteiger charge is -2.41. The highest BCUT2D eigenvalue weighted by atomic mass is 16.5. The number of furan rings is 2. The highest BCUT2D eigenvalue weighted by molar-refractivity contribution is 5.91. The Labute approximate surface area is 220 Å². The van der Waals surface area contributed by atoms with Gasteiger partial charge in [-0.15, -0.1) is 0 Å². The fourth-order valence-corrected chi connectivity index (χ4v) is 6.93. The van der Waals surface area contributed by atoms with Crippen LogP contribution in [0.5, 0.6) is 0 Å². The van der Waals surface area contributed by atoms with Crippen LogP contribution in [0.3, 0.4) is 0 Å². The van der Waals surface area contributed by atoms with E-state index in [0.29, 0.717) is 11.3 Å². The van der Waals surface area contributed by atoms with Crippen molar-refractivity contribution in [3.8, 4) is 0 Å². The first-order chi connectivity index (χ1) is 18.7. The molecule has 0 aliphatic heterocycles. The van der Waals surface area contributed by atoms with Gasteiger partial charge in [0.05, 0.1) is 36.7 Å². The standard InChI is InChI=1S/C32H27N2O4/c1-2-37-30(35)24-14-18-38-29(24)27-23-9-5-6-10-25(23)32(31-33-15-16-34-31,28(27)21-13-17-36-19-21)26-12-11-20-7-3-4-8-22(20)26/h3-10,13-19,26-27H,2,11-12H2,1H3,(H,33,34). The molecule has 2 aliphatic rings. The van der Waals surface area contributed by atoms with Crippen LogP contribution in [0.1, 0.15) is 74.9 Å². The summed E-state index contributed by atoms with van der Waals surface area (Å²) in [5.74, 6) is 1.92. The van der Waals surface area contributed by atoms with Gasteiger partial charge in [-0.2, -0.15) is 0 Å². The lowest BCUT2D eigenvalue weighted by atomic mass is 9.60. The highest BCUT2D eigenvalue weighted by Crippen LogP contribution is 2.66. The molecule has 0 fully saturated rings. The van der Waals surface area contributed by atoms with Crippen LogP contribution in [-0.2, 0) is 16.6 Å². The van der Waals surface area contributed by atoms with Gasteiger partial charge in [-0.3, -0.25) is 0 Å². The van der Waals surface area contributed by atoms with Crippen molar-refractivity contribution in [2.24, 2.45) is 0 Å². The molecule has 0 saturated carbocycles. The molecule has 3 aromatic heterocycles. The van der Waals surface area contributed by atoms with Gasteiger partial charge in [0.15, 0.2) is 0 Å². The zero-order valence-corrected chi connectivity index (χ0v) is 21.0. The average Bonchev–Trinajstić information content (AvgIpc) is 3.77. The molecule has 38 heavy (non-hydrogen) atoms. The van der Waals surface area contributed by atoms with Crippen molar-refractivity contribution in [1.29, 1.82) is 0 Å². The Bertz CT molecular complexity index is 1580. The third-order valence-electron chi connectivity index (χ3n) is 8.22. The summed E-state index contributed by atoms with van der Waals surface area (Å²) in [5.41, 5.74) is 5.69. The van der Waals surface area contributed by atoms with Crippen LogP contribution in [0.2, 0.25) is 0 Å². The van der Waals surface area contributed by atoms with E-state index >= 15 is 0 Å². The van der Waals surface area contributed by atoms with Crippen molar-refractivity contribution in [2.75, 3.05) is 6.61 Å². The van der Waals surface area contributed by atoms with Gasteiger partial charge in [-0.05, 0) is 59.7 Å². The Balaban J connectivity index is 1.56. The van der Waals surface area contributed by atoms with Gasteiger partial charge in [0.1, 0.15) is 17.1 Å². The van der Waals surface area contributed by atoms with E-state index in [0.717, 1.165) is 41.3 Å². The van der Waals surface area contributed by atoms with Crippen molar-refractivity contribution in [2.45, 2.75) is 37.0 Å². The molecule has 3 unspecified atom stereocenters. The lowest BCUT2D eigenvalue weighted by molar-refractivity contribution is 0.0523. The number of carbonyl (C=O) groups excluding carboxylic acids is 1. The van der Waals surface area contributed by atoms with E-state index in [2.05, 4.69) is 47.4 Å². The summed E-state index contributed by atoms with van der Waals surface area (Å²) in [6.45, 7) is 2.10. The van der Waals surface area contributed by atoms with E-state index < -0.39 is 5.41 Å². The number of hydrogen-bond donors (Lipinski definition) is 1. The normalized spacial score (nSPS) is 22.3. The Kier molecular flexibility index (Phi) is 5.36. The molecular weight excluding hydrogens is 476 g/mol. The Morgan fingerprint density at radius 3 is 2.71 bits per heavy atom. The third-order valence-corrected chi connectivity index (χ3v) is 8.22. The van der Waals surface area contributed by atoms with Crippen molar-refractivity contribution >= 4 is 5.97 Å². The van der Waals surface area contributed by atoms with Gasteiger partial charge < -0.3 is 18.6 Å². The molecule has 6 nitrogen and oxygen atoms in total. The molecule has 5 aromatic rings. The zero-order valence-electron chi connectivity index (χ0n) is 21.0. The van der Waals surface area contributed by atoms with Gasteiger partial charge in [-0.1, -0.05) is 48.5 Å². The fraction of sp³-hybridized carbons (Fsp3) is 0.219. The first-order valence-electron chi connectivity index (χ1n) is 13.1. The van der Waals surface area contributed by atoms with Gasteiger partial charge in [0, 0.05) is 24.2 Å². The maximum absolute atomic E-state index is 13.1. The van der Waals surface area contributed by atoms with Gasteiger partial charge in [0.2, 0.25) is 0 Å². The minimum Gasteiger partial charge on any atom is -0.472 e. The number of imidazole rings is 1. The number of nitrogens with one attached hydrogen (secondary N) is 1. The zero-order chi connectivity index (χ0) is 25.7. The molecule has 0 bridgehead atoms. The summed E-state index contributed by atoms with van der Waals surface area (Å²) in [7, 11) is 0. The highest BCUT2D eigenvalue weighted by Gasteiger charge is 2.62. The average molecular weight is 504 g/mol. The summed E-state index contributed by atoms with van der Waals surface area (Å²) in [6, 6.07) is 20.9. The van der Waals surface area contributed by atoms with E-state index in [9.17, 15) is 4.79 Å². The monoisotopic (exact) mass is 503 g/mol. The number of rotatable bonds is 6. The number of aromatic amines is 1. The number of ether oxygens (including phenoxy) is 1. The molecule has 3 atom stereocenters. The number of aryl methyl sites for hydroxylation is 1. The SMILES string of the molecule is CCOC(=O)c1ccoc1C1[C](c2ccoc2)C(c2ncc[nH]2)(C2CCc3ccccc32)c2ccccc21. The number of nitrogens with zero attached hydrogens (tertiary/aromatic N) is 1. The largest absolute Gasteiger partial charge is 0.472 e. The molecule has 0 saturated heterocycles. The number of hydrogen-bond acceptors (Lipinski definition) is 5. The first-order valence-corrected chi connectivity index (χ1v) is 13.1. The van der Waals surface area contributed by atoms with Crippen LogP contribution in [-0.4, -0.2) is 22.5 Å². The maximum Gasteiger partial charge on any atom is 0.341 e. The van der Waals surface area contributed by atoms with E-state index in [1.807, 2.05) is 31.5 Å². The second-order valence-electron chi connectivity index (χ2n) is 9.90. The van der Waals surface area contributed by atoms with Crippen LogP contribution < -0.4 is 0 Å². The fourth-order valence-electron chi connectivity index (χ4n) is 6.93. The molecule has 0 spiro atoms. The van der Waals surface area contributed by atoms with Crippen LogP contribution in [0, 0.1) is 5.92 Å². The van der Waals surface area contributed by atoms with Crippen molar-refractivity contribution < 1.29 is 18.4 Å². The Morgan fingerprint density at radius 1 is 1.08 bits per heavy atom. The molecule has 6 heteroatoms. The number of fused-ring (bicyclic) bond motifs is 2. The van der Waals surface area contributed by atoms with E-state index in [1.165, 1.54) is 11.1 Å². The molecule has 1 radical (unpaired) electrons. The van der Waals surface area contributed by atoms with Crippen molar-refractivity contribution in [3.63, 3.8) is 0 Å². The third kappa shape index (κ3) is 3.13. The molecule has 2 aromatic carbocycles. The number of esters is 1. The molecule has 7 rings (SSSR count). The molecule has 1 N–H and O–H groups in total. The minimum atomic E-state index is -0.639. The second kappa shape index (κ2) is 8.91.